The molecule has 0 aromatic heterocycles. The Morgan fingerprint density at radius 3 is 2.74 bits per heavy atom. The molecular weight excluding hydrogens is 315 g/mol. The zero-order chi connectivity index (χ0) is 16.4. The fourth-order valence-electron chi connectivity index (χ4n) is 3.26. The van der Waals surface area contributed by atoms with Gasteiger partial charge < -0.3 is 9.80 Å². The van der Waals surface area contributed by atoms with E-state index >= 15 is 0 Å². The van der Waals surface area contributed by atoms with Crippen LogP contribution in [0.5, 0.6) is 0 Å². The smallest absolute Gasteiger partial charge is 0.227 e. The van der Waals surface area contributed by atoms with Gasteiger partial charge in [0.1, 0.15) is 5.82 Å². The van der Waals surface area contributed by atoms with Crippen molar-refractivity contribution in [1.82, 2.24) is 0 Å². The van der Waals surface area contributed by atoms with E-state index in [9.17, 15) is 14.0 Å². The topological polar surface area (TPSA) is 40.6 Å². The highest BCUT2D eigenvalue weighted by Gasteiger charge is 2.31. The molecule has 0 spiro atoms. The minimum atomic E-state index is -0.265. The predicted octanol–water partition coefficient (Wildman–Crippen LogP) is 3.06. The van der Waals surface area contributed by atoms with Crippen LogP contribution < -0.4 is 9.80 Å². The second-order valence-corrected chi connectivity index (χ2v) is 7.40. The molecular formula is C17H21FN2O2S. The first-order valence-electron chi connectivity index (χ1n) is 8.03. The first-order valence-corrected chi connectivity index (χ1v) is 9.01. The van der Waals surface area contributed by atoms with Crippen molar-refractivity contribution in [2.45, 2.75) is 26.2 Å². The van der Waals surface area contributed by atoms with Crippen molar-refractivity contribution in [2.75, 3.05) is 35.2 Å². The average Bonchev–Trinajstić information content (AvgIpc) is 3.14. The normalized spacial score (nSPS) is 21.3. The number of carbonyl (C=O) groups excluding carboxylic acids is 2. The summed E-state index contributed by atoms with van der Waals surface area (Å²) in [6.45, 7) is 3.87. The summed E-state index contributed by atoms with van der Waals surface area (Å²) in [7, 11) is 0. The average molecular weight is 336 g/mol. The molecule has 23 heavy (non-hydrogen) atoms. The summed E-state index contributed by atoms with van der Waals surface area (Å²) >= 11 is 1.25. The summed E-state index contributed by atoms with van der Waals surface area (Å²) in [4.78, 5) is 26.9. The van der Waals surface area contributed by atoms with Gasteiger partial charge in [0.2, 0.25) is 5.91 Å². The van der Waals surface area contributed by atoms with Gasteiger partial charge in [0.25, 0.3) is 0 Å². The van der Waals surface area contributed by atoms with Crippen molar-refractivity contribution in [3.63, 3.8) is 0 Å². The number of hydrogen-bond acceptors (Lipinski definition) is 4. The number of carbonyl (C=O) groups is 2. The number of thioether (sulfide) groups is 1. The lowest BCUT2D eigenvalue weighted by molar-refractivity contribution is -0.117. The van der Waals surface area contributed by atoms with Crippen LogP contribution in [0.1, 0.15) is 26.2 Å². The van der Waals surface area contributed by atoms with Crippen LogP contribution in [0.4, 0.5) is 15.8 Å². The van der Waals surface area contributed by atoms with E-state index in [1.165, 1.54) is 24.8 Å². The van der Waals surface area contributed by atoms with Crippen LogP contribution in [0.3, 0.4) is 0 Å². The molecule has 2 saturated heterocycles. The molecule has 1 unspecified atom stereocenters. The quantitative estimate of drug-likeness (QED) is 0.847. The molecule has 0 radical (unpaired) electrons. The molecule has 0 bridgehead atoms. The molecule has 2 aliphatic heterocycles. The largest absolute Gasteiger partial charge is 0.369 e. The first-order chi connectivity index (χ1) is 11.0. The van der Waals surface area contributed by atoms with Crippen LogP contribution >= 0.6 is 11.8 Å². The van der Waals surface area contributed by atoms with E-state index in [-0.39, 0.29) is 22.8 Å². The molecule has 4 nitrogen and oxygen atoms in total. The van der Waals surface area contributed by atoms with E-state index in [2.05, 4.69) is 4.90 Å². The monoisotopic (exact) mass is 336 g/mol. The number of hydrogen-bond donors (Lipinski definition) is 0. The summed E-state index contributed by atoms with van der Waals surface area (Å²) in [5.41, 5.74) is 1.24. The first kappa shape index (κ1) is 16.3. The predicted molar refractivity (Wildman–Crippen MR) is 91.4 cm³/mol. The van der Waals surface area contributed by atoms with Crippen LogP contribution in [0.25, 0.3) is 0 Å². The lowest BCUT2D eigenvalue weighted by Crippen LogP contribution is -2.25. The molecule has 1 atom stereocenters. The van der Waals surface area contributed by atoms with Gasteiger partial charge in [0, 0.05) is 44.4 Å². The lowest BCUT2D eigenvalue weighted by Gasteiger charge is -2.21. The van der Waals surface area contributed by atoms with Gasteiger partial charge in [-0.15, -0.1) is 0 Å². The van der Waals surface area contributed by atoms with Crippen LogP contribution in [0.15, 0.2) is 18.2 Å². The van der Waals surface area contributed by atoms with Crippen molar-refractivity contribution in [2.24, 2.45) is 5.92 Å². The summed E-state index contributed by atoms with van der Waals surface area (Å²) in [5.74, 6) is 0.537. The zero-order valence-corrected chi connectivity index (χ0v) is 14.1. The molecule has 0 N–H and O–H groups in total. The number of benzene rings is 1. The third kappa shape index (κ3) is 3.68. The minimum absolute atomic E-state index is 0.00692. The Labute approximate surface area is 140 Å². The highest BCUT2D eigenvalue weighted by atomic mass is 32.2. The number of nitrogens with zero attached hydrogens (tertiary/aromatic N) is 2. The van der Waals surface area contributed by atoms with Crippen LogP contribution in [0.2, 0.25) is 0 Å². The van der Waals surface area contributed by atoms with Crippen molar-refractivity contribution in [3.8, 4) is 0 Å². The standard InChI is InChI=1S/C17H21FN2O2S/c1-12(21)23-11-13-8-17(22)20(10-13)14-4-5-16(15(18)9-14)19-6-2-3-7-19/h4-5,9,13H,2-3,6-8,10-11H2,1H3. The maximum absolute atomic E-state index is 14.4. The molecule has 124 valence electrons. The summed E-state index contributed by atoms with van der Waals surface area (Å²) < 4.78 is 14.4. The fourth-order valence-corrected chi connectivity index (χ4v) is 3.95. The third-order valence-corrected chi connectivity index (χ3v) is 5.46. The maximum atomic E-state index is 14.4. The third-order valence-electron chi connectivity index (χ3n) is 4.42. The Morgan fingerprint density at radius 1 is 1.35 bits per heavy atom. The van der Waals surface area contributed by atoms with Crippen molar-refractivity contribution in [1.29, 1.82) is 0 Å². The molecule has 6 heteroatoms. The molecule has 2 aliphatic rings. The maximum Gasteiger partial charge on any atom is 0.227 e. The number of rotatable bonds is 4. The Kier molecular flexibility index (Phi) is 4.90. The van der Waals surface area contributed by atoms with Crippen LogP contribution in [-0.4, -0.2) is 36.4 Å². The number of halogens is 1. The molecule has 2 fully saturated rings. The number of amides is 1. The summed E-state index contributed by atoms with van der Waals surface area (Å²) in [6, 6.07) is 5.07. The van der Waals surface area contributed by atoms with E-state index < -0.39 is 0 Å². The Balaban J connectivity index is 1.70. The molecule has 0 aliphatic carbocycles. The summed E-state index contributed by atoms with van der Waals surface area (Å²) in [6.07, 6.45) is 2.62. The van der Waals surface area contributed by atoms with Gasteiger partial charge in [-0.1, -0.05) is 11.8 Å². The SMILES string of the molecule is CC(=O)SCC1CC(=O)N(c2ccc(N3CCCC3)c(F)c2)C1. The van der Waals surface area contributed by atoms with Crippen molar-refractivity contribution < 1.29 is 14.0 Å². The molecule has 1 aromatic carbocycles. The van der Waals surface area contributed by atoms with Crippen molar-refractivity contribution >= 4 is 34.2 Å². The van der Waals surface area contributed by atoms with Crippen LogP contribution in [0, 0.1) is 11.7 Å². The molecule has 0 saturated carbocycles. The van der Waals surface area contributed by atoms with E-state index in [1.807, 2.05) is 6.07 Å². The Bertz CT molecular complexity index is 617. The van der Waals surface area contributed by atoms with E-state index in [4.69, 9.17) is 0 Å². The van der Waals surface area contributed by atoms with E-state index in [1.54, 1.807) is 11.0 Å². The Morgan fingerprint density at radius 2 is 2.09 bits per heavy atom. The van der Waals surface area contributed by atoms with Gasteiger partial charge in [0.15, 0.2) is 5.12 Å². The van der Waals surface area contributed by atoms with Gasteiger partial charge in [0.05, 0.1) is 5.69 Å². The van der Waals surface area contributed by atoms with Gasteiger partial charge in [-0.2, -0.15) is 0 Å². The minimum Gasteiger partial charge on any atom is -0.369 e. The van der Waals surface area contributed by atoms with Gasteiger partial charge in [-0.25, -0.2) is 4.39 Å². The number of anilines is 2. The van der Waals surface area contributed by atoms with E-state index in [0.717, 1.165) is 25.9 Å². The second-order valence-electron chi connectivity index (χ2n) is 6.21. The van der Waals surface area contributed by atoms with E-state index in [0.29, 0.717) is 30.1 Å². The molecule has 3 rings (SSSR count). The molecule has 2 heterocycles. The van der Waals surface area contributed by atoms with Gasteiger partial charge in [-0.3, -0.25) is 9.59 Å². The lowest BCUT2D eigenvalue weighted by atomic mass is 10.1. The van der Waals surface area contributed by atoms with Gasteiger partial charge in [-0.05, 0) is 37.0 Å². The molecule has 1 amide bonds. The molecule has 1 aromatic rings. The van der Waals surface area contributed by atoms with Crippen molar-refractivity contribution in [3.05, 3.63) is 24.0 Å². The zero-order valence-electron chi connectivity index (χ0n) is 13.3. The fraction of sp³-hybridized carbons (Fsp3) is 0.529. The second kappa shape index (κ2) is 6.91. The Hall–Kier alpha value is -1.56. The highest BCUT2D eigenvalue weighted by molar-refractivity contribution is 8.13. The van der Waals surface area contributed by atoms with Gasteiger partial charge >= 0.3 is 0 Å². The summed E-state index contributed by atoms with van der Waals surface area (Å²) in [5, 5.41) is 0.0666. The van der Waals surface area contributed by atoms with Crippen LogP contribution in [-0.2, 0) is 9.59 Å². The highest BCUT2D eigenvalue weighted by Crippen LogP contribution is 2.31.